The molecule has 6 nitrogen and oxygen atoms in total. The van der Waals surface area contributed by atoms with Crippen LogP contribution in [0.2, 0.25) is 0 Å². The van der Waals surface area contributed by atoms with Crippen LogP contribution in [0.5, 0.6) is 0 Å². The summed E-state index contributed by atoms with van der Waals surface area (Å²) in [6, 6.07) is 9.66. The van der Waals surface area contributed by atoms with Crippen LogP contribution in [0.15, 0.2) is 41.7 Å². The number of nitrogens with two attached hydrogens (primary N) is 1. The van der Waals surface area contributed by atoms with Crippen LogP contribution in [0, 0.1) is 5.41 Å². The number of anilines is 1. The Morgan fingerprint density at radius 2 is 1.95 bits per heavy atom. The van der Waals surface area contributed by atoms with Gasteiger partial charge in [-0.3, -0.25) is 9.98 Å². The summed E-state index contributed by atoms with van der Waals surface area (Å²) >= 11 is 0. The molecule has 0 saturated carbocycles. The van der Waals surface area contributed by atoms with Gasteiger partial charge in [0.2, 0.25) is 5.90 Å². The highest BCUT2D eigenvalue weighted by molar-refractivity contribution is 6.46. The lowest BCUT2D eigenvalue weighted by Gasteiger charge is -2.12. The second kappa shape index (κ2) is 4.19. The van der Waals surface area contributed by atoms with E-state index in [9.17, 15) is 0 Å². The van der Waals surface area contributed by atoms with E-state index in [2.05, 4.69) is 9.98 Å². The average Bonchev–Trinajstić information content (AvgIpc) is 2.90. The molecule has 2 aromatic rings. The van der Waals surface area contributed by atoms with E-state index in [0.29, 0.717) is 17.2 Å². The molecule has 0 fully saturated rings. The van der Waals surface area contributed by atoms with Gasteiger partial charge in [-0.2, -0.15) is 0 Å². The van der Waals surface area contributed by atoms with Gasteiger partial charge in [0.15, 0.2) is 11.4 Å². The van der Waals surface area contributed by atoms with Gasteiger partial charge in [-0.25, -0.2) is 9.98 Å². The first-order chi connectivity index (χ1) is 9.48. The molecule has 6 heteroatoms. The van der Waals surface area contributed by atoms with E-state index >= 15 is 0 Å². The number of ether oxygens (including phenoxy) is 1. The number of nitrogen functional groups attached to an aromatic ring is 1. The number of benzene rings is 1. The third-order valence-electron chi connectivity index (χ3n) is 3.01. The molecule has 0 unspecified atom stereocenters. The molecule has 0 radical (unpaired) electrons. The standard InChI is InChI=1S/C14H15N5O/c1-14(2)18-11(13(16)20-14)10-12(15)19(8-17-10)9-6-4-3-5-7-9/h3-8,16H,15H2,1-2H3. The van der Waals surface area contributed by atoms with Crippen LogP contribution in [0.3, 0.4) is 0 Å². The maximum absolute atomic E-state index is 7.85. The zero-order valence-corrected chi connectivity index (χ0v) is 11.3. The van der Waals surface area contributed by atoms with Crippen molar-refractivity contribution >= 4 is 17.4 Å². The number of aromatic nitrogens is 2. The van der Waals surface area contributed by atoms with Crippen LogP contribution in [-0.4, -0.2) is 26.9 Å². The van der Waals surface area contributed by atoms with E-state index in [4.69, 9.17) is 15.9 Å². The SMILES string of the molecule is CC1(C)N=C(c2ncn(-c3ccccc3)c2N)C(=N)O1. The van der Waals surface area contributed by atoms with Crippen LogP contribution in [0.4, 0.5) is 5.82 Å². The number of imidazole rings is 1. The topological polar surface area (TPSA) is 89.3 Å². The third kappa shape index (κ3) is 1.95. The predicted molar refractivity (Wildman–Crippen MR) is 77.4 cm³/mol. The Balaban J connectivity index is 2.06. The summed E-state index contributed by atoms with van der Waals surface area (Å²) in [7, 11) is 0. The quantitative estimate of drug-likeness (QED) is 0.873. The van der Waals surface area contributed by atoms with Crippen molar-refractivity contribution in [1.82, 2.24) is 9.55 Å². The second-order valence-corrected chi connectivity index (χ2v) is 5.02. The van der Waals surface area contributed by atoms with Gasteiger partial charge in [-0.1, -0.05) is 18.2 Å². The molecule has 1 aliphatic heterocycles. The highest BCUT2D eigenvalue weighted by atomic mass is 16.5. The average molecular weight is 269 g/mol. The summed E-state index contributed by atoms with van der Waals surface area (Å²) in [5, 5.41) is 7.85. The summed E-state index contributed by atoms with van der Waals surface area (Å²) in [5.74, 6) is 0.445. The molecule has 0 amide bonds. The minimum absolute atomic E-state index is 0.0000108. The van der Waals surface area contributed by atoms with Gasteiger partial charge in [0.25, 0.3) is 0 Å². The Kier molecular flexibility index (Phi) is 2.60. The molecular formula is C14H15N5O. The van der Waals surface area contributed by atoms with Gasteiger partial charge in [0.05, 0.1) is 0 Å². The zero-order valence-electron chi connectivity index (χ0n) is 11.3. The molecule has 20 heavy (non-hydrogen) atoms. The maximum atomic E-state index is 7.85. The molecule has 102 valence electrons. The Hall–Kier alpha value is -2.63. The summed E-state index contributed by atoms with van der Waals surface area (Å²) < 4.78 is 7.12. The van der Waals surface area contributed by atoms with Crippen molar-refractivity contribution in [3.63, 3.8) is 0 Å². The van der Waals surface area contributed by atoms with E-state index in [1.54, 1.807) is 24.7 Å². The van der Waals surface area contributed by atoms with E-state index < -0.39 is 5.72 Å². The number of aliphatic imine (C=N–C) groups is 1. The number of hydrogen-bond donors (Lipinski definition) is 2. The van der Waals surface area contributed by atoms with Gasteiger partial charge in [-0.05, 0) is 26.0 Å². The van der Waals surface area contributed by atoms with Crippen LogP contribution < -0.4 is 5.73 Å². The zero-order chi connectivity index (χ0) is 14.3. The lowest BCUT2D eigenvalue weighted by Crippen LogP contribution is -2.18. The summed E-state index contributed by atoms with van der Waals surface area (Å²) in [6.07, 6.45) is 1.63. The molecular weight excluding hydrogens is 254 g/mol. The summed E-state index contributed by atoms with van der Waals surface area (Å²) in [6.45, 7) is 3.58. The van der Waals surface area contributed by atoms with Crippen LogP contribution in [0.1, 0.15) is 19.5 Å². The molecule has 1 aliphatic rings. The number of rotatable bonds is 2. The minimum atomic E-state index is -0.741. The fraction of sp³-hybridized carbons (Fsp3) is 0.214. The smallest absolute Gasteiger partial charge is 0.236 e. The van der Waals surface area contributed by atoms with Crippen LogP contribution in [-0.2, 0) is 4.74 Å². The first kappa shape index (κ1) is 12.4. The van der Waals surface area contributed by atoms with Gasteiger partial charge in [0, 0.05) is 5.69 Å². The van der Waals surface area contributed by atoms with Gasteiger partial charge >= 0.3 is 0 Å². The molecule has 2 heterocycles. The number of para-hydroxylation sites is 1. The predicted octanol–water partition coefficient (Wildman–Crippen LogP) is 1.99. The largest absolute Gasteiger partial charge is 0.448 e. The van der Waals surface area contributed by atoms with Gasteiger partial charge < -0.3 is 10.5 Å². The maximum Gasteiger partial charge on any atom is 0.236 e. The van der Waals surface area contributed by atoms with Gasteiger partial charge in [0.1, 0.15) is 17.8 Å². The molecule has 3 rings (SSSR count). The van der Waals surface area contributed by atoms with Crippen LogP contribution in [0.25, 0.3) is 5.69 Å². The lowest BCUT2D eigenvalue weighted by molar-refractivity contribution is 0.121. The second-order valence-electron chi connectivity index (χ2n) is 5.02. The Bertz CT molecular complexity index is 700. The van der Waals surface area contributed by atoms with E-state index in [0.717, 1.165) is 5.69 Å². The fourth-order valence-electron chi connectivity index (χ4n) is 2.14. The lowest BCUT2D eigenvalue weighted by atomic mass is 10.2. The van der Waals surface area contributed by atoms with Crippen molar-refractivity contribution in [2.45, 2.75) is 19.6 Å². The highest BCUT2D eigenvalue weighted by Gasteiger charge is 2.34. The van der Waals surface area contributed by atoms with E-state index in [1.807, 2.05) is 30.3 Å². The molecule has 0 aliphatic carbocycles. The first-order valence-corrected chi connectivity index (χ1v) is 6.24. The number of nitrogens with one attached hydrogen (secondary N) is 1. The summed E-state index contributed by atoms with van der Waals surface area (Å²) in [4.78, 5) is 8.63. The molecule has 3 N–H and O–H groups in total. The normalized spacial score (nSPS) is 16.9. The van der Waals surface area contributed by atoms with Crippen molar-refractivity contribution in [3.8, 4) is 5.69 Å². The van der Waals surface area contributed by atoms with Crippen LogP contribution >= 0.6 is 0 Å². The Morgan fingerprint density at radius 1 is 1.25 bits per heavy atom. The monoisotopic (exact) mass is 269 g/mol. The van der Waals surface area contributed by atoms with Crippen molar-refractivity contribution in [2.75, 3.05) is 5.73 Å². The first-order valence-electron chi connectivity index (χ1n) is 6.24. The number of hydrogen-bond acceptors (Lipinski definition) is 5. The molecule has 1 aromatic heterocycles. The van der Waals surface area contributed by atoms with Crippen molar-refractivity contribution < 1.29 is 4.74 Å². The molecule has 0 spiro atoms. The third-order valence-corrected chi connectivity index (χ3v) is 3.01. The van der Waals surface area contributed by atoms with E-state index in [1.165, 1.54) is 0 Å². The van der Waals surface area contributed by atoms with Crippen molar-refractivity contribution in [3.05, 3.63) is 42.4 Å². The fourth-order valence-corrected chi connectivity index (χ4v) is 2.14. The van der Waals surface area contributed by atoms with E-state index in [-0.39, 0.29) is 5.90 Å². The Morgan fingerprint density at radius 3 is 2.55 bits per heavy atom. The molecule has 0 bridgehead atoms. The van der Waals surface area contributed by atoms with Crippen molar-refractivity contribution in [1.29, 1.82) is 5.41 Å². The molecule has 1 aromatic carbocycles. The van der Waals surface area contributed by atoms with Gasteiger partial charge in [-0.15, -0.1) is 0 Å². The van der Waals surface area contributed by atoms with Crippen molar-refractivity contribution in [2.24, 2.45) is 4.99 Å². The molecule has 0 atom stereocenters. The minimum Gasteiger partial charge on any atom is -0.448 e. The molecule has 0 saturated heterocycles. The summed E-state index contributed by atoms with van der Waals surface area (Å²) in [5.41, 5.74) is 7.17. The number of nitrogens with zero attached hydrogens (tertiary/aromatic N) is 3. The highest BCUT2D eigenvalue weighted by Crippen LogP contribution is 2.25. The Labute approximate surface area is 116 Å².